The fraction of sp³-hybridized carbons (Fsp3) is 0.412. The molecular formula is C17H23N5O. The van der Waals surface area contributed by atoms with Gasteiger partial charge in [-0.25, -0.2) is 9.97 Å². The van der Waals surface area contributed by atoms with Gasteiger partial charge in [-0.05, 0) is 32.9 Å². The molecule has 6 heteroatoms. The molecule has 2 heterocycles. The number of imidazole rings is 1. The Bertz CT molecular complexity index is 847. The number of ether oxygens (including phenoxy) is 1. The summed E-state index contributed by atoms with van der Waals surface area (Å²) in [6, 6.07) is 7.91. The van der Waals surface area contributed by atoms with E-state index < -0.39 is 0 Å². The molecule has 6 nitrogen and oxygen atoms in total. The van der Waals surface area contributed by atoms with Crippen molar-refractivity contribution in [3.63, 3.8) is 0 Å². The summed E-state index contributed by atoms with van der Waals surface area (Å²) in [6.45, 7) is 7.05. The molecule has 0 unspecified atom stereocenters. The molecule has 0 aliphatic carbocycles. The van der Waals surface area contributed by atoms with Crippen molar-refractivity contribution in [1.82, 2.24) is 14.4 Å². The summed E-state index contributed by atoms with van der Waals surface area (Å²) in [4.78, 5) is 9.14. The fourth-order valence-corrected chi connectivity index (χ4v) is 2.79. The van der Waals surface area contributed by atoms with Gasteiger partial charge in [-0.3, -0.25) is 4.40 Å². The minimum absolute atomic E-state index is 0.365. The number of fused-ring (bicyclic) bond motifs is 3. The van der Waals surface area contributed by atoms with E-state index in [2.05, 4.69) is 14.4 Å². The third-order valence-corrected chi connectivity index (χ3v) is 3.71. The molecule has 4 N–H and O–H groups in total. The maximum absolute atomic E-state index is 6.27. The Kier molecular flexibility index (Phi) is 3.95. The van der Waals surface area contributed by atoms with Crippen LogP contribution in [0.25, 0.3) is 16.7 Å². The van der Waals surface area contributed by atoms with Gasteiger partial charge < -0.3 is 16.2 Å². The zero-order valence-electron chi connectivity index (χ0n) is 13.8. The van der Waals surface area contributed by atoms with Gasteiger partial charge in [0, 0.05) is 18.6 Å². The summed E-state index contributed by atoms with van der Waals surface area (Å²) in [5.74, 6) is 0.419. The summed E-state index contributed by atoms with van der Waals surface area (Å²) in [7, 11) is 0. The van der Waals surface area contributed by atoms with Crippen molar-refractivity contribution in [2.24, 2.45) is 5.73 Å². The summed E-state index contributed by atoms with van der Waals surface area (Å²) in [5, 5.41) is 0. The van der Waals surface area contributed by atoms with Gasteiger partial charge in [0.2, 0.25) is 0 Å². The fourth-order valence-electron chi connectivity index (χ4n) is 2.79. The van der Waals surface area contributed by atoms with Crippen LogP contribution in [0.15, 0.2) is 24.3 Å². The number of nitrogen functional groups attached to an aromatic ring is 1. The van der Waals surface area contributed by atoms with E-state index in [9.17, 15) is 0 Å². The van der Waals surface area contributed by atoms with E-state index in [1.807, 2.05) is 45.0 Å². The van der Waals surface area contributed by atoms with Gasteiger partial charge >= 0.3 is 0 Å². The first-order valence-corrected chi connectivity index (χ1v) is 7.82. The van der Waals surface area contributed by atoms with Gasteiger partial charge in [-0.1, -0.05) is 12.1 Å². The molecule has 3 rings (SSSR count). The largest absolute Gasteiger partial charge is 0.381 e. The smallest absolute Gasteiger partial charge is 0.180 e. The van der Waals surface area contributed by atoms with Crippen molar-refractivity contribution in [3.8, 4) is 0 Å². The standard InChI is InChI=1S/C17H23N5O/c1-4-23-10-12-14(9-17(2,3)19)22-13-8-6-5-7-11(13)20-15(18)16(22)21-12/h5-8H,4,9-10,19H2,1-3H3,(H2,18,20). The van der Waals surface area contributed by atoms with E-state index in [4.69, 9.17) is 16.2 Å². The van der Waals surface area contributed by atoms with E-state index >= 15 is 0 Å². The zero-order chi connectivity index (χ0) is 16.6. The third kappa shape index (κ3) is 3.00. The minimum atomic E-state index is -0.365. The van der Waals surface area contributed by atoms with Gasteiger partial charge in [-0.15, -0.1) is 0 Å². The predicted octanol–water partition coefficient (Wildman–Crippen LogP) is 2.28. The second kappa shape index (κ2) is 5.79. The highest BCUT2D eigenvalue weighted by Gasteiger charge is 2.22. The average molecular weight is 313 g/mol. The number of hydrogen-bond donors (Lipinski definition) is 2. The molecule has 122 valence electrons. The second-order valence-electron chi connectivity index (χ2n) is 6.45. The molecule has 0 aliphatic heterocycles. The van der Waals surface area contributed by atoms with Crippen LogP contribution in [-0.2, 0) is 17.8 Å². The lowest BCUT2D eigenvalue weighted by atomic mass is 9.99. The summed E-state index contributed by atoms with van der Waals surface area (Å²) >= 11 is 0. The Morgan fingerprint density at radius 3 is 2.65 bits per heavy atom. The van der Waals surface area contributed by atoms with Crippen molar-refractivity contribution in [2.75, 3.05) is 12.3 Å². The first kappa shape index (κ1) is 15.7. The molecule has 0 bridgehead atoms. The number of rotatable bonds is 5. The van der Waals surface area contributed by atoms with Gasteiger partial charge in [0.05, 0.1) is 29.0 Å². The first-order valence-electron chi connectivity index (χ1n) is 7.82. The Morgan fingerprint density at radius 2 is 1.96 bits per heavy atom. The quantitative estimate of drug-likeness (QED) is 0.754. The lowest BCUT2D eigenvalue weighted by molar-refractivity contribution is 0.131. The molecule has 0 radical (unpaired) electrons. The normalized spacial score (nSPS) is 12.3. The average Bonchev–Trinajstić information content (AvgIpc) is 2.83. The van der Waals surface area contributed by atoms with Gasteiger partial charge in [-0.2, -0.15) is 0 Å². The molecular weight excluding hydrogens is 290 g/mol. The maximum Gasteiger partial charge on any atom is 0.180 e. The van der Waals surface area contributed by atoms with Crippen LogP contribution in [0.2, 0.25) is 0 Å². The highest BCUT2D eigenvalue weighted by molar-refractivity contribution is 5.82. The molecule has 1 aromatic carbocycles. The van der Waals surface area contributed by atoms with E-state index in [0.29, 0.717) is 31.1 Å². The Balaban J connectivity index is 2.32. The maximum atomic E-state index is 6.27. The van der Waals surface area contributed by atoms with Crippen LogP contribution in [0, 0.1) is 0 Å². The Labute approximate surface area is 135 Å². The Hall–Kier alpha value is -2.18. The van der Waals surface area contributed by atoms with Crippen LogP contribution in [-0.4, -0.2) is 26.5 Å². The topological polar surface area (TPSA) is 91.5 Å². The van der Waals surface area contributed by atoms with E-state index in [0.717, 1.165) is 22.4 Å². The van der Waals surface area contributed by atoms with Crippen LogP contribution in [0.1, 0.15) is 32.2 Å². The second-order valence-corrected chi connectivity index (χ2v) is 6.45. The molecule has 0 fully saturated rings. The van der Waals surface area contributed by atoms with Gasteiger partial charge in [0.15, 0.2) is 11.5 Å². The van der Waals surface area contributed by atoms with Crippen LogP contribution in [0.3, 0.4) is 0 Å². The molecule has 23 heavy (non-hydrogen) atoms. The highest BCUT2D eigenvalue weighted by atomic mass is 16.5. The van der Waals surface area contributed by atoms with Gasteiger partial charge in [0.25, 0.3) is 0 Å². The van der Waals surface area contributed by atoms with Gasteiger partial charge in [0.1, 0.15) is 0 Å². The number of nitrogens with zero attached hydrogens (tertiary/aromatic N) is 3. The number of anilines is 1. The summed E-state index contributed by atoms with van der Waals surface area (Å²) in [6.07, 6.45) is 0.671. The molecule has 0 amide bonds. The molecule has 2 aromatic heterocycles. The SMILES string of the molecule is CCOCc1nc2c(N)nc3ccccc3n2c1CC(C)(C)N. The monoisotopic (exact) mass is 313 g/mol. The van der Waals surface area contributed by atoms with Crippen LogP contribution < -0.4 is 11.5 Å². The van der Waals surface area contributed by atoms with Crippen molar-refractivity contribution >= 4 is 22.5 Å². The molecule has 0 aliphatic rings. The number of hydrogen-bond acceptors (Lipinski definition) is 5. The van der Waals surface area contributed by atoms with E-state index in [-0.39, 0.29) is 5.54 Å². The number of benzene rings is 1. The Morgan fingerprint density at radius 1 is 1.22 bits per heavy atom. The molecule has 0 saturated heterocycles. The van der Waals surface area contributed by atoms with Crippen molar-refractivity contribution in [3.05, 3.63) is 35.7 Å². The molecule has 0 saturated carbocycles. The van der Waals surface area contributed by atoms with E-state index in [1.54, 1.807) is 0 Å². The van der Waals surface area contributed by atoms with Crippen LogP contribution >= 0.6 is 0 Å². The third-order valence-electron chi connectivity index (χ3n) is 3.71. The lowest BCUT2D eigenvalue weighted by Crippen LogP contribution is -2.35. The van der Waals surface area contributed by atoms with Crippen molar-refractivity contribution < 1.29 is 4.74 Å². The zero-order valence-corrected chi connectivity index (χ0v) is 13.8. The predicted molar refractivity (Wildman–Crippen MR) is 92.2 cm³/mol. The van der Waals surface area contributed by atoms with Crippen molar-refractivity contribution in [1.29, 1.82) is 0 Å². The van der Waals surface area contributed by atoms with Crippen molar-refractivity contribution in [2.45, 2.75) is 39.3 Å². The minimum Gasteiger partial charge on any atom is -0.381 e. The lowest BCUT2D eigenvalue weighted by Gasteiger charge is -2.19. The number of nitrogens with two attached hydrogens (primary N) is 2. The summed E-state index contributed by atoms with van der Waals surface area (Å²) in [5.41, 5.74) is 16.4. The van der Waals surface area contributed by atoms with Crippen LogP contribution in [0.4, 0.5) is 5.82 Å². The molecule has 3 aromatic rings. The molecule has 0 atom stereocenters. The number of para-hydroxylation sites is 2. The number of aromatic nitrogens is 3. The highest BCUT2D eigenvalue weighted by Crippen LogP contribution is 2.26. The summed E-state index contributed by atoms with van der Waals surface area (Å²) < 4.78 is 7.65. The van der Waals surface area contributed by atoms with E-state index in [1.165, 1.54) is 0 Å². The van der Waals surface area contributed by atoms with Crippen LogP contribution in [0.5, 0.6) is 0 Å². The molecule has 0 spiro atoms. The first-order chi connectivity index (χ1) is 10.9.